The Hall–Kier alpha value is -1.17. The molecule has 2 heterocycles. The van der Waals surface area contributed by atoms with Gasteiger partial charge in [0, 0.05) is 25.1 Å². The van der Waals surface area contributed by atoms with Crippen LogP contribution in [0.15, 0.2) is 18.3 Å². The average molecular weight is 238 g/mol. The van der Waals surface area contributed by atoms with Crippen molar-refractivity contribution in [1.29, 1.82) is 0 Å². The zero-order chi connectivity index (χ0) is 12.1. The van der Waals surface area contributed by atoms with Gasteiger partial charge >= 0.3 is 0 Å². The largest absolute Gasteiger partial charge is 0.474 e. The van der Waals surface area contributed by atoms with Crippen LogP contribution in [0, 0.1) is 0 Å². The third kappa shape index (κ3) is 3.39. The third-order valence-electron chi connectivity index (χ3n) is 2.84. The van der Waals surface area contributed by atoms with Crippen LogP contribution in [0.4, 0.5) is 0 Å². The zero-order valence-electron chi connectivity index (χ0n) is 9.71. The van der Waals surface area contributed by atoms with Crippen molar-refractivity contribution in [1.82, 2.24) is 4.98 Å². The van der Waals surface area contributed by atoms with Gasteiger partial charge in [0.05, 0.1) is 25.9 Å². The van der Waals surface area contributed by atoms with E-state index in [0.717, 1.165) is 31.6 Å². The van der Waals surface area contributed by atoms with E-state index in [1.165, 1.54) is 0 Å². The topological polar surface area (TPSA) is 77.6 Å². The second-order valence-corrected chi connectivity index (χ2v) is 4.15. The second-order valence-electron chi connectivity index (χ2n) is 4.15. The van der Waals surface area contributed by atoms with E-state index in [2.05, 4.69) is 4.98 Å². The molecule has 5 nitrogen and oxygen atoms in total. The number of hydrogen-bond acceptors (Lipinski definition) is 5. The molecule has 1 aliphatic rings. The van der Waals surface area contributed by atoms with E-state index < -0.39 is 0 Å². The van der Waals surface area contributed by atoms with E-state index in [9.17, 15) is 0 Å². The molecule has 0 amide bonds. The number of ether oxygens (including phenoxy) is 2. The number of aliphatic hydroxyl groups excluding tert-OH is 1. The number of nitrogens with zero attached hydrogens (tertiary/aromatic N) is 1. The van der Waals surface area contributed by atoms with Gasteiger partial charge in [0.1, 0.15) is 6.10 Å². The fourth-order valence-corrected chi connectivity index (χ4v) is 1.75. The van der Waals surface area contributed by atoms with Gasteiger partial charge in [-0.1, -0.05) is 6.07 Å². The minimum atomic E-state index is -0.375. The number of aliphatic hydroxyl groups is 1. The molecule has 0 bridgehead atoms. The first-order chi connectivity index (χ1) is 8.29. The molecule has 1 aromatic rings. The van der Waals surface area contributed by atoms with Crippen LogP contribution in [0.3, 0.4) is 0 Å². The van der Waals surface area contributed by atoms with Gasteiger partial charge in [-0.05, 0) is 5.56 Å². The molecule has 1 fully saturated rings. The zero-order valence-corrected chi connectivity index (χ0v) is 9.71. The molecular weight excluding hydrogens is 220 g/mol. The number of aromatic nitrogens is 1. The summed E-state index contributed by atoms with van der Waals surface area (Å²) < 4.78 is 11.0. The highest BCUT2D eigenvalue weighted by molar-refractivity contribution is 5.20. The molecule has 1 atom stereocenters. The summed E-state index contributed by atoms with van der Waals surface area (Å²) in [4.78, 5) is 4.19. The Morgan fingerprint density at radius 1 is 1.47 bits per heavy atom. The predicted molar refractivity (Wildman–Crippen MR) is 62.7 cm³/mol. The van der Waals surface area contributed by atoms with Gasteiger partial charge in [-0.25, -0.2) is 4.98 Å². The van der Waals surface area contributed by atoms with Crippen molar-refractivity contribution in [2.45, 2.75) is 25.0 Å². The van der Waals surface area contributed by atoms with Crippen LogP contribution < -0.4 is 10.5 Å². The number of hydrogen-bond donors (Lipinski definition) is 2. The SMILES string of the molecule is N[C@@H](CO)c1ccc(OC2CCOCC2)nc1. The Balaban J connectivity index is 1.93. The van der Waals surface area contributed by atoms with E-state index in [0.29, 0.717) is 5.88 Å². The van der Waals surface area contributed by atoms with Crippen LogP contribution in [0.2, 0.25) is 0 Å². The predicted octanol–water partition coefficient (Wildman–Crippen LogP) is 0.631. The molecule has 0 radical (unpaired) electrons. The lowest BCUT2D eigenvalue weighted by molar-refractivity contribution is 0.0237. The van der Waals surface area contributed by atoms with Crippen molar-refractivity contribution in [3.63, 3.8) is 0 Å². The summed E-state index contributed by atoms with van der Waals surface area (Å²) in [5, 5.41) is 8.92. The van der Waals surface area contributed by atoms with Gasteiger partial charge < -0.3 is 20.3 Å². The Morgan fingerprint density at radius 3 is 2.82 bits per heavy atom. The number of rotatable bonds is 4. The van der Waals surface area contributed by atoms with Gasteiger partial charge in [-0.3, -0.25) is 0 Å². The summed E-state index contributed by atoms with van der Waals surface area (Å²) in [6.45, 7) is 1.41. The summed E-state index contributed by atoms with van der Waals surface area (Å²) in [5.74, 6) is 0.603. The highest BCUT2D eigenvalue weighted by Gasteiger charge is 2.15. The molecule has 1 saturated heterocycles. The Labute approximate surface area is 101 Å². The molecule has 2 rings (SSSR count). The van der Waals surface area contributed by atoms with Crippen LogP contribution in [-0.4, -0.2) is 36.0 Å². The fourth-order valence-electron chi connectivity index (χ4n) is 1.75. The summed E-state index contributed by atoms with van der Waals surface area (Å²) in [6.07, 6.45) is 3.64. The molecule has 0 aliphatic carbocycles. The smallest absolute Gasteiger partial charge is 0.213 e. The first kappa shape index (κ1) is 12.3. The van der Waals surface area contributed by atoms with Gasteiger partial charge in [0.2, 0.25) is 5.88 Å². The highest BCUT2D eigenvalue weighted by Crippen LogP contribution is 2.17. The second kappa shape index (κ2) is 5.95. The minimum absolute atomic E-state index is 0.0815. The lowest BCUT2D eigenvalue weighted by Gasteiger charge is -2.22. The van der Waals surface area contributed by atoms with Crippen LogP contribution in [0.5, 0.6) is 5.88 Å². The lowest BCUT2D eigenvalue weighted by Crippen LogP contribution is -2.26. The Kier molecular flexibility index (Phi) is 4.30. The van der Waals surface area contributed by atoms with Crippen molar-refractivity contribution < 1.29 is 14.6 Å². The van der Waals surface area contributed by atoms with Gasteiger partial charge in [-0.15, -0.1) is 0 Å². The average Bonchev–Trinajstić information content (AvgIpc) is 2.40. The van der Waals surface area contributed by atoms with Crippen molar-refractivity contribution in [3.8, 4) is 5.88 Å². The molecule has 0 unspecified atom stereocenters. The molecule has 17 heavy (non-hydrogen) atoms. The lowest BCUT2D eigenvalue weighted by atomic mass is 10.1. The monoisotopic (exact) mass is 238 g/mol. The van der Waals surface area contributed by atoms with Gasteiger partial charge in [0.25, 0.3) is 0 Å². The molecule has 0 aromatic carbocycles. The maximum Gasteiger partial charge on any atom is 0.213 e. The summed E-state index contributed by atoms with van der Waals surface area (Å²) in [7, 11) is 0. The fraction of sp³-hybridized carbons (Fsp3) is 0.583. The van der Waals surface area contributed by atoms with Crippen molar-refractivity contribution >= 4 is 0 Å². The highest BCUT2D eigenvalue weighted by atomic mass is 16.5. The Bertz CT molecular complexity index is 336. The van der Waals surface area contributed by atoms with Crippen molar-refractivity contribution in [3.05, 3.63) is 23.9 Å². The van der Waals surface area contributed by atoms with Crippen LogP contribution in [-0.2, 0) is 4.74 Å². The quantitative estimate of drug-likeness (QED) is 0.804. The molecule has 0 saturated carbocycles. The molecule has 94 valence electrons. The molecular formula is C12H18N2O3. The molecule has 1 aliphatic heterocycles. The van der Waals surface area contributed by atoms with Gasteiger partial charge in [-0.2, -0.15) is 0 Å². The maximum absolute atomic E-state index is 8.92. The van der Waals surface area contributed by atoms with Crippen molar-refractivity contribution in [2.24, 2.45) is 5.73 Å². The summed E-state index contributed by atoms with van der Waals surface area (Å²) >= 11 is 0. The summed E-state index contributed by atoms with van der Waals surface area (Å²) in [6, 6.07) is 3.25. The maximum atomic E-state index is 8.92. The number of pyridine rings is 1. The Morgan fingerprint density at radius 2 is 2.24 bits per heavy atom. The standard InChI is InChI=1S/C12H18N2O3/c13-11(8-15)9-1-2-12(14-7-9)17-10-3-5-16-6-4-10/h1-2,7,10-11,15H,3-6,8,13H2/t11-/m0/s1. The van der Waals surface area contributed by atoms with E-state index >= 15 is 0 Å². The van der Waals surface area contributed by atoms with E-state index in [4.69, 9.17) is 20.3 Å². The first-order valence-corrected chi connectivity index (χ1v) is 5.86. The van der Waals surface area contributed by atoms with Crippen molar-refractivity contribution in [2.75, 3.05) is 19.8 Å². The van der Waals surface area contributed by atoms with Crippen LogP contribution in [0.25, 0.3) is 0 Å². The molecule has 3 N–H and O–H groups in total. The normalized spacial score (nSPS) is 18.9. The minimum Gasteiger partial charge on any atom is -0.474 e. The van der Waals surface area contributed by atoms with Gasteiger partial charge in [0.15, 0.2) is 0 Å². The van der Waals surface area contributed by atoms with E-state index in [1.54, 1.807) is 12.3 Å². The van der Waals surface area contributed by atoms with Crippen LogP contribution in [0.1, 0.15) is 24.4 Å². The third-order valence-corrected chi connectivity index (χ3v) is 2.84. The number of nitrogens with two attached hydrogens (primary N) is 1. The van der Waals surface area contributed by atoms with E-state index in [-0.39, 0.29) is 18.8 Å². The van der Waals surface area contributed by atoms with E-state index in [1.807, 2.05) is 6.07 Å². The first-order valence-electron chi connectivity index (χ1n) is 5.86. The molecule has 0 spiro atoms. The summed E-state index contributed by atoms with van der Waals surface area (Å²) in [5.41, 5.74) is 6.49. The molecule has 5 heteroatoms. The molecule has 1 aromatic heterocycles. The van der Waals surface area contributed by atoms with Crippen LogP contribution >= 0.6 is 0 Å².